The van der Waals surface area contributed by atoms with Gasteiger partial charge in [-0.3, -0.25) is 0 Å². The smallest absolute Gasteiger partial charge is 0.216 e. The number of nitrogens with one attached hydrogen (secondary N) is 1. The van der Waals surface area contributed by atoms with Gasteiger partial charge >= 0.3 is 0 Å². The van der Waals surface area contributed by atoms with Crippen molar-refractivity contribution in [3.8, 4) is 0 Å². The predicted molar refractivity (Wildman–Crippen MR) is 62.1 cm³/mol. The molecule has 2 N–H and O–H groups in total. The molecule has 92 valence electrons. The van der Waals surface area contributed by atoms with Gasteiger partial charge in [-0.05, 0) is 33.1 Å². The maximum Gasteiger partial charge on any atom is 0.216 e. The minimum absolute atomic E-state index is 0.159. The molecule has 1 atom stereocenters. The molecule has 0 saturated heterocycles. The summed E-state index contributed by atoms with van der Waals surface area (Å²) < 4.78 is 25.3. The second kappa shape index (κ2) is 5.27. The van der Waals surface area contributed by atoms with Crippen molar-refractivity contribution in [3.63, 3.8) is 0 Å². The van der Waals surface area contributed by atoms with E-state index in [9.17, 15) is 8.42 Å². The van der Waals surface area contributed by atoms with E-state index in [-0.39, 0.29) is 12.6 Å². The van der Waals surface area contributed by atoms with Crippen molar-refractivity contribution in [1.82, 2.24) is 4.72 Å². The SMILES string of the molecule is CC(C)C[C@@H](CO)NS(=O)(=O)C(C)(C)C. The van der Waals surface area contributed by atoms with Crippen LogP contribution in [0.15, 0.2) is 0 Å². The van der Waals surface area contributed by atoms with Crippen molar-refractivity contribution in [3.05, 3.63) is 0 Å². The zero-order valence-corrected chi connectivity index (χ0v) is 11.1. The fraction of sp³-hybridized carbons (Fsp3) is 1.00. The van der Waals surface area contributed by atoms with Crippen molar-refractivity contribution in [1.29, 1.82) is 0 Å². The van der Waals surface area contributed by atoms with Crippen molar-refractivity contribution in [2.45, 2.75) is 51.8 Å². The first kappa shape index (κ1) is 14.9. The Morgan fingerprint density at radius 2 is 1.73 bits per heavy atom. The molecule has 4 nitrogen and oxygen atoms in total. The van der Waals surface area contributed by atoms with Crippen LogP contribution in [0, 0.1) is 5.92 Å². The van der Waals surface area contributed by atoms with E-state index in [4.69, 9.17) is 5.11 Å². The van der Waals surface area contributed by atoms with Crippen molar-refractivity contribution in [2.24, 2.45) is 5.92 Å². The molecule has 0 unspecified atom stereocenters. The van der Waals surface area contributed by atoms with Gasteiger partial charge in [0, 0.05) is 6.04 Å². The largest absolute Gasteiger partial charge is 0.395 e. The molecule has 0 aliphatic rings. The Morgan fingerprint density at radius 1 is 1.27 bits per heavy atom. The molecule has 0 aliphatic carbocycles. The summed E-state index contributed by atoms with van der Waals surface area (Å²) in [6.45, 7) is 8.74. The monoisotopic (exact) mass is 237 g/mol. The van der Waals surface area contributed by atoms with E-state index in [1.54, 1.807) is 20.8 Å². The number of sulfonamides is 1. The molecule has 0 heterocycles. The molecule has 0 rings (SSSR count). The highest BCUT2D eigenvalue weighted by Gasteiger charge is 2.31. The van der Waals surface area contributed by atoms with Crippen LogP contribution < -0.4 is 4.72 Å². The van der Waals surface area contributed by atoms with Gasteiger partial charge in [0.1, 0.15) is 0 Å². The third-order valence-electron chi connectivity index (χ3n) is 2.10. The number of aliphatic hydroxyl groups is 1. The van der Waals surface area contributed by atoms with E-state index in [0.717, 1.165) is 0 Å². The van der Waals surface area contributed by atoms with E-state index >= 15 is 0 Å². The number of rotatable bonds is 5. The number of aliphatic hydroxyl groups excluding tert-OH is 1. The maximum atomic E-state index is 11.8. The van der Waals surface area contributed by atoms with Crippen molar-refractivity contribution in [2.75, 3.05) is 6.61 Å². The van der Waals surface area contributed by atoms with Gasteiger partial charge in [0.05, 0.1) is 11.4 Å². The highest BCUT2D eigenvalue weighted by atomic mass is 32.2. The summed E-state index contributed by atoms with van der Waals surface area (Å²) in [5.41, 5.74) is 0. The van der Waals surface area contributed by atoms with Crippen molar-refractivity contribution >= 4 is 10.0 Å². The zero-order chi connectivity index (χ0) is 12.3. The van der Waals surface area contributed by atoms with Gasteiger partial charge in [0.15, 0.2) is 0 Å². The van der Waals surface area contributed by atoms with Gasteiger partial charge in [-0.15, -0.1) is 0 Å². The quantitative estimate of drug-likeness (QED) is 0.753. The molecule has 0 aromatic rings. The molecule has 0 amide bonds. The van der Waals surface area contributed by atoms with Gasteiger partial charge in [-0.1, -0.05) is 13.8 Å². The molecule has 0 fully saturated rings. The van der Waals surface area contributed by atoms with Crippen LogP contribution in [-0.4, -0.2) is 30.9 Å². The minimum Gasteiger partial charge on any atom is -0.395 e. The van der Waals surface area contributed by atoms with Crippen molar-refractivity contribution < 1.29 is 13.5 Å². The fourth-order valence-corrected chi connectivity index (χ4v) is 2.09. The molecule has 0 aliphatic heterocycles. The normalized spacial score (nSPS) is 15.7. The van der Waals surface area contributed by atoms with Crippen LogP contribution in [0.1, 0.15) is 41.0 Å². The summed E-state index contributed by atoms with van der Waals surface area (Å²) in [5.74, 6) is 0.352. The Kier molecular flexibility index (Phi) is 5.23. The average Bonchev–Trinajstić information content (AvgIpc) is 1.99. The second-order valence-electron chi connectivity index (χ2n) is 5.24. The Labute approximate surface area is 93.1 Å². The highest BCUT2D eigenvalue weighted by molar-refractivity contribution is 7.90. The lowest BCUT2D eigenvalue weighted by atomic mass is 10.1. The van der Waals surface area contributed by atoms with E-state index in [1.807, 2.05) is 13.8 Å². The lowest BCUT2D eigenvalue weighted by molar-refractivity contribution is 0.239. The number of hydrogen-bond acceptors (Lipinski definition) is 3. The molecule has 0 saturated carbocycles. The molecule has 0 radical (unpaired) electrons. The molecule has 0 bridgehead atoms. The molecule has 5 heteroatoms. The summed E-state index contributed by atoms with van der Waals surface area (Å²) >= 11 is 0. The summed E-state index contributed by atoms with van der Waals surface area (Å²) in [4.78, 5) is 0. The van der Waals surface area contributed by atoms with Gasteiger partial charge in [0.25, 0.3) is 0 Å². The summed E-state index contributed by atoms with van der Waals surface area (Å²) in [6, 6.07) is -0.380. The average molecular weight is 237 g/mol. The first-order chi connectivity index (χ1) is 6.60. The number of hydrogen-bond donors (Lipinski definition) is 2. The summed E-state index contributed by atoms with van der Waals surface area (Å²) in [5, 5.41) is 9.08. The molecule has 0 aromatic carbocycles. The molecular weight excluding hydrogens is 214 g/mol. The predicted octanol–water partition coefficient (Wildman–Crippen LogP) is 1.11. The molecule has 15 heavy (non-hydrogen) atoms. The lowest BCUT2D eigenvalue weighted by Crippen LogP contribution is -2.46. The van der Waals surface area contributed by atoms with Gasteiger partial charge in [-0.2, -0.15) is 0 Å². The summed E-state index contributed by atoms with van der Waals surface area (Å²) in [7, 11) is -3.36. The van der Waals surface area contributed by atoms with Gasteiger partial charge in [0.2, 0.25) is 10.0 Å². The standard InChI is InChI=1S/C10H23NO3S/c1-8(2)6-9(7-12)11-15(13,14)10(3,4)5/h8-9,11-12H,6-7H2,1-5H3/t9-/m0/s1. The van der Waals surface area contributed by atoms with E-state index in [2.05, 4.69) is 4.72 Å². The van der Waals surface area contributed by atoms with Crippen LogP contribution in [-0.2, 0) is 10.0 Å². The van der Waals surface area contributed by atoms with Gasteiger partial charge < -0.3 is 5.11 Å². The van der Waals surface area contributed by atoms with Crippen LogP contribution in [0.25, 0.3) is 0 Å². The topological polar surface area (TPSA) is 66.4 Å². The first-order valence-corrected chi connectivity index (χ1v) is 6.71. The van der Waals surface area contributed by atoms with E-state index in [1.165, 1.54) is 0 Å². The molecular formula is C10H23NO3S. The highest BCUT2D eigenvalue weighted by Crippen LogP contribution is 2.15. The lowest BCUT2D eigenvalue weighted by Gasteiger charge is -2.25. The van der Waals surface area contributed by atoms with Gasteiger partial charge in [-0.25, -0.2) is 13.1 Å². The molecule has 0 spiro atoms. The van der Waals surface area contributed by atoms with Crippen LogP contribution in [0.4, 0.5) is 0 Å². The van der Waals surface area contributed by atoms with E-state index < -0.39 is 14.8 Å². The first-order valence-electron chi connectivity index (χ1n) is 5.23. The third-order valence-corrected chi connectivity index (χ3v) is 4.36. The van der Waals surface area contributed by atoms with Crippen LogP contribution >= 0.6 is 0 Å². The maximum absolute atomic E-state index is 11.8. The molecule has 0 aromatic heterocycles. The fourth-order valence-electron chi connectivity index (χ4n) is 1.13. The van der Waals surface area contributed by atoms with Crippen LogP contribution in [0.5, 0.6) is 0 Å². The van der Waals surface area contributed by atoms with Crippen LogP contribution in [0.2, 0.25) is 0 Å². The van der Waals surface area contributed by atoms with Crippen LogP contribution in [0.3, 0.4) is 0 Å². The third kappa shape index (κ3) is 4.95. The Hall–Kier alpha value is -0.130. The Bertz CT molecular complexity index is 278. The Morgan fingerprint density at radius 3 is 2.00 bits per heavy atom. The zero-order valence-electron chi connectivity index (χ0n) is 10.2. The minimum atomic E-state index is -3.36. The second-order valence-corrected chi connectivity index (χ2v) is 7.71. The summed E-state index contributed by atoms with van der Waals surface area (Å²) in [6.07, 6.45) is 0.645. The van der Waals surface area contributed by atoms with E-state index in [0.29, 0.717) is 12.3 Å². The Balaban J connectivity index is 4.56.